The molecule has 0 atom stereocenters. The Morgan fingerprint density at radius 1 is 0.852 bits per heavy atom. The topological polar surface area (TPSA) is 44.4 Å². The highest BCUT2D eigenvalue weighted by atomic mass is 16.2. The van der Waals surface area contributed by atoms with Crippen molar-refractivity contribution in [3.8, 4) is 0 Å². The zero-order valence-electron chi connectivity index (χ0n) is 17.5. The zero-order chi connectivity index (χ0) is 20.0. The number of nitrogens with zero attached hydrogens (tertiary/aromatic N) is 1. The molecule has 27 heavy (non-hydrogen) atoms. The molecule has 0 aromatic heterocycles. The van der Waals surface area contributed by atoms with Crippen molar-refractivity contribution >= 4 is 23.1 Å². The average Bonchev–Trinajstić information content (AvgIpc) is 2.55. The predicted molar refractivity (Wildman–Crippen MR) is 117 cm³/mol. The smallest absolute Gasteiger partial charge is 0.323 e. The number of urea groups is 1. The van der Waals surface area contributed by atoms with Gasteiger partial charge in [0.2, 0.25) is 0 Å². The summed E-state index contributed by atoms with van der Waals surface area (Å²) in [4.78, 5) is 14.9. The van der Waals surface area contributed by atoms with Crippen LogP contribution in [0.25, 0.3) is 0 Å². The second kappa shape index (κ2) is 9.45. The molecule has 0 spiro atoms. The minimum atomic E-state index is -0.222. The van der Waals surface area contributed by atoms with Gasteiger partial charge in [-0.15, -0.1) is 0 Å². The molecule has 0 fully saturated rings. The van der Waals surface area contributed by atoms with Gasteiger partial charge in [0.05, 0.1) is 11.4 Å². The van der Waals surface area contributed by atoms with Crippen LogP contribution in [0.4, 0.5) is 21.9 Å². The van der Waals surface area contributed by atoms with Crippen LogP contribution >= 0.6 is 0 Å². The quantitative estimate of drug-likeness (QED) is 0.624. The summed E-state index contributed by atoms with van der Waals surface area (Å²) in [5.41, 5.74) is 5.00. The molecule has 0 unspecified atom stereocenters. The molecule has 146 valence electrons. The monoisotopic (exact) mass is 367 g/mol. The number of amides is 2. The van der Waals surface area contributed by atoms with Gasteiger partial charge in [-0.2, -0.15) is 0 Å². The zero-order valence-corrected chi connectivity index (χ0v) is 17.5. The molecule has 0 saturated heterocycles. The van der Waals surface area contributed by atoms with Gasteiger partial charge in [-0.1, -0.05) is 51.5 Å². The molecular formula is C23H33N3O. The summed E-state index contributed by atoms with van der Waals surface area (Å²) in [6, 6.07) is 13.8. The van der Waals surface area contributed by atoms with Crippen molar-refractivity contribution in [2.24, 2.45) is 11.8 Å². The lowest BCUT2D eigenvalue weighted by Crippen LogP contribution is -2.32. The highest BCUT2D eigenvalue weighted by Gasteiger charge is 2.16. The van der Waals surface area contributed by atoms with Gasteiger partial charge in [0.15, 0.2) is 0 Å². The number of anilines is 3. The number of aryl methyl sites for hydroxylation is 2. The van der Waals surface area contributed by atoms with E-state index >= 15 is 0 Å². The lowest BCUT2D eigenvalue weighted by molar-refractivity contribution is 0.262. The molecular weight excluding hydrogens is 334 g/mol. The van der Waals surface area contributed by atoms with Gasteiger partial charge < -0.3 is 15.5 Å². The van der Waals surface area contributed by atoms with Crippen molar-refractivity contribution < 1.29 is 4.79 Å². The van der Waals surface area contributed by atoms with E-state index in [4.69, 9.17) is 0 Å². The lowest BCUT2D eigenvalue weighted by Gasteiger charge is -2.30. The third-order valence-corrected chi connectivity index (χ3v) is 4.22. The van der Waals surface area contributed by atoms with E-state index in [2.05, 4.69) is 55.4 Å². The standard InChI is InChI=1S/C23H33N3O/c1-16(2)14-26(15-17(3)4)22-12-9-19(6)13-21(22)25-23(27)24-20-10-7-18(5)8-11-20/h7-13,16-17H,14-15H2,1-6H3,(H2,24,25,27). The summed E-state index contributed by atoms with van der Waals surface area (Å²) in [7, 11) is 0. The van der Waals surface area contributed by atoms with Crippen LogP contribution in [0.1, 0.15) is 38.8 Å². The summed E-state index contributed by atoms with van der Waals surface area (Å²) in [6.07, 6.45) is 0. The molecule has 4 nitrogen and oxygen atoms in total. The Balaban J connectivity index is 2.22. The third-order valence-electron chi connectivity index (χ3n) is 4.22. The van der Waals surface area contributed by atoms with Crippen molar-refractivity contribution in [3.05, 3.63) is 53.6 Å². The fraction of sp³-hybridized carbons (Fsp3) is 0.435. The first-order valence-electron chi connectivity index (χ1n) is 9.75. The second-order valence-electron chi connectivity index (χ2n) is 8.16. The number of rotatable bonds is 7. The van der Waals surface area contributed by atoms with Crippen LogP contribution < -0.4 is 15.5 Å². The average molecular weight is 368 g/mol. The molecule has 2 N–H and O–H groups in total. The van der Waals surface area contributed by atoms with Crippen LogP contribution in [0.5, 0.6) is 0 Å². The Morgan fingerprint density at radius 2 is 1.41 bits per heavy atom. The van der Waals surface area contributed by atoms with Crippen molar-refractivity contribution in [3.63, 3.8) is 0 Å². The Kier molecular flexibility index (Phi) is 7.28. The predicted octanol–water partition coefficient (Wildman–Crippen LogP) is 6.07. The van der Waals surface area contributed by atoms with Gasteiger partial charge in [-0.05, 0) is 55.5 Å². The fourth-order valence-corrected chi connectivity index (χ4v) is 3.10. The summed E-state index contributed by atoms with van der Waals surface area (Å²) in [5.74, 6) is 1.08. The van der Waals surface area contributed by atoms with E-state index in [0.29, 0.717) is 11.8 Å². The van der Waals surface area contributed by atoms with Crippen molar-refractivity contribution in [1.82, 2.24) is 0 Å². The van der Waals surface area contributed by atoms with E-state index in [1.165, 1.54) is 5.56 Å². The SMILES string of the molecule is Cc1ccc(NC(=O)Nc2cc(C)ccc2N(CC(C)C)CC(C)C)cc1. The van der Waals surface area contributed by atoms with Gasteiger partial charge in [0.1, 0.15) is 0 Å². The van der Waals surface area contributed by atoms with Crippen LogP contribution in [0, 0.1) is 25.7 Å². The summed E-state index contributed by atoms with van der Waals surface area (Å²) < 4.78 is 0. The fourth-order valence-electron chi connectivity index (χ4n) is 3.10. The van der Waals surface area contributed by atoms with E-state index in [1.54, 1.807) is 0 Å². The number of carbonyl (C=O) groups is 1. The maximum Gasteiger partial charge on any atom is 0.323 e. The Hall–Kier alpha value is -2.49. The molecule has 0 bridgehead atoms. The van der Waals surface area contributed by atoms with Crippen LogP contribution in [0.2, 0.25) is 0 Å². The normalized spacial score (nSPS) is 11.0. The van der Waals surface area contributed by atoms with Gasteiger partial charge in [-0.3, -0.25) is 0 Å². The molecule has 2 amide bonds. The summed E-state index contributed by atoms with van der Waals surface area (Å²) >= 11 is 0. The first-order valence-corrected chi connectivity index (χ1v) is 9.75. The van der Waals surface area contributed by atoms with Crippen molar-refractivity contribution in [1.29, 1.82) is 0 Å². The van der Waals surface area contributed by atoms with E-state index in [-0.39, 0.29) is 6.03 Å². The Bertz CT molecular complexity index is 741. The largest absolute Gasteiger partial charge is 0.369 e. The van der Waals surface area contributed by atoms with Crippen LogP contribution in [-0.4, -0.2) is 19.1 Å². The molecule has 0 aliphatic heterocycles. The highest BCUT2D eigenvalue weighted by molar-refractivity contribution is 6.02. The van der Waals surface area contributed by atoms with Crippen LogP contribution in [-0.2, 0) is 0 Å². The molecule has 0 aliphatic rings. The molecule has 2 rings (SSSR count). The van der Waals surface area contributed by atoms with E-state index in [9.17, 15) is 4.79 Å². The summed E-state index contributed by atoms with van der Waals surface area (Å²) in [5, 5.41) is 5.97. The summed E-state index contributed by atoms with van der Waals surface area (Å²) in [6.45, 7) is 14.9. The van der Waals surface area contributed by atoms with Gasteiger partial charge in [0.25, 0.3) is 0 Å². The van der Waals surface area contributed by atoms with Crippen LogP contribution in [0.15, 0.2) is 42.5 Å². The first kappa shape index (κ1) is 20.8. The van der Waals surface area contributed by atoms with Crippen molar-refractivity contribution in [2.45, 2.75) is 41.5 Å². The molecule has 0 radical (unpaired) electrons. The highest BCUT2D eigenvalue weighted by Crippen LogP contribution is 2.29. The van der Waals surface area contributed by atoms with Crippen molar-refractivity contribution in [2.75, 3.05) is 28.6 Å². The third kappa shape index (κ3) is 6.63. The molecule has 0 saturated carbocycles. The van der Waals surface area contributed by atoms with Gasteiger partial charge >= 0.3 is 6.03 Å². The van der Waals surface area contributed by atoms with E-state index < -0.39 is 0 Å². The molecule has 2 aromatic rings. The molecule has 4 heteroatoms. The molecule has 2 aromatic carbocycles. The Morgan fingerprint density at radius 3 is 1.96 bits per heavy atom. The van der Waals surface area contributed by atoms with Gasteiger partial charge in [-0.25, -0.2) is 4.79 Å². The van der Waals surface area contributed by atoms with Crippen LogP contribution in [0.3, 0.4) is 0 Å². The number of benzene rings is 2. The molecule has 0 aliphatic carbocycles. The molecule has 0 heterocycles. The number of carbonyl (C=O) groups excluding carboxylic acids is 1. The number of hydrogen-bond acceptors (Lipinski definition) is 2. The maximum absolute atomic E-state index is 12.6. The van der Waals surface area contributed by atoms with E-state index in [0.717, 1.165) is 35.7 Å². The lowest BCUT2D eigenvalue weighted by atomic mass is 10.1. The Labute approximate surface area is 164 Å². The number of hydrogen-bond donors (Lipinski definition) is 2. The minimum absolute atomic E-state index is 0.222. The number of nitrogens with one attached hydrogen (secondary N) is 2. The second-order valence-corrected chi connectivity index (χ2v) is 8.16. The first-order chi connectivity index (χ1) is 12.7. The van der Waals surface area contributed by atoms with Gasteiger partial charge in [0, 0.05) is 18.8 Å². The maximum atomic E-state index is 12.6. The van der Waals surface area contributed by atoms with E-state index in [1.807, 2.05) is 44.2 Å². The minimum Gasteiger partial charge on any atom is -0.369 e.